The standard InChI is InChI=1S/C11H13IO2/c1-9-3-2-4-10(5-9)7-14-8-11(13)6-12/h2-5H,6-8H2,1H3. The van der Waals surface area contributed by atoms with Gasteiger partial charge in [-0.3, -0.25) is 4.79 Å². The van der Waals surface area contributed by atoms with E-state index in [0.717, 1.165) is 5.56 Å². The van der Waals surface area contributed by atoms with Gasteiger partial charge in [-0.2, -0.15) is 0 Å². The maximum Gasteiger partial charge on any atom is 0.168 e. The van der Waals surface area contributed by atoms with Crippen molar-refractivity contribution in [1.82, 2.24) is 0 Å². The Labute approximate surface area is 97.8 Å². The summed E-state index contributed by atoms with van der Waals surface area (Å²) in [6.07, 6.45) is 0. The first-order valence-corrected chi connectivity index (χ1v) is 5.96. The van der Waals surface area contributed by atoms with Gasteiger partial charge in [0.05, 0.1) is 11.0 Å². The first-order valence-electron chi connectivity index (χ1n) is 4.43. The molecule has 1 aromatic carbocycles. The number of ketones is 1. The first-order chi connectivity index (χ1) is 6.72. The Morgan fingerprint density at radius 3 is 2.93 bits per heavy atom. The van der Waals surface area contributed by atoms with Crippen LogP contribution in [0, 0.1) is 6.92 Å². The van der Waals surface area contributed by atoms with Crippen molar-refractivity contribution in [2.24, 2.45) is 0 Å². The van der Waals surface area contributed by atoms with E-state index in [9.17, 15) is 4.79 Å². The number of ether oxygens (including phenoxy) is 1. The van der Waals surface area contributed by atoms with Crippen LogP contribution in [0.5, 0.6) is 0 Å². The molecule has 0 aliphatic carbocycles. The quantitative estimate of drug-likeness (QED) is 0.617. The molecule has 1 aromatic rings. The predicted molar refractivity (Wildman–Crippen MR) is 64.7 cm³/mol. The first kappa shape index (κ1) is 11.7. The van der Waals surface area contributed by atoms with Crippen LogP contribution in [0.4, 0.5) is 0 Å². The van der Waals surface area contributed by atoms with Gasteiger partial charge in [-0.25, -0.2) is 0 Å². The van der Waals surface area contributed by atoms with Crippen LogP contribution >= 0.6 is 22.6 Å². The minimum Gasteiger partial charge on any atom is -0.369 e. The van der Waals surface area contributed by atoms with Crippen LogP contribution in [0.3, 0.4) is 0 Å². The Bertz CT molecular complexity index is 310. The van der Waals surface area contributed by atoms with Gasteiger partial charge in [0.2, 0.25) is 0 Å². The molecule has 0 fully saturated rings. The monoisotopic (exact) mass is 304 g/mol. The van der Waals surface area contributed by atoms with E-state index in [1.807, 2.05) is 47.7 Å². The van der Waals surface area contributed by atoms with Gasteiger partial charge < -0.3 is 4.74 Å². The van der Waals surface area contributed by atoms with Crippen molar-refractivity contribution in [2.45, 2.75) is 13.5 Å². The molecule has 0 unspecified atom stereocenters. The Morgan fingerprint density at radius 2 is 2.29 bits per heavy atom. The molecule has 0 atom stereocenters. The third-order valence-corrected chi connectivity index (χ3v) is 2.61. The summed E-state index contributed by atoms with van der Waals surface area (Å²) in [4.78, 5) is 10.9. The van der Waals surface area contributed by atoms with Gasteiger partial charge >= 0.3 is 0 Å². The lowest BCUT2D eigenvalue weighted by molar-refractivity contribution is -0.121. The van der Waals surface area contributed by atoms with Crippen molar-refractivity contribution in [3.63, 3.8) is 0 Å². The summed E-state index contributed by atoms with van der Waals surface area (Å²) in [5.74, 6) is 0.137. The SMILES string of the molecule is Cc1cccc(COCC(=O)CI)c1. The zero-order chi connectivity index (χ0) is 10.4. The van der Waals surface area contributed by atoms with Crippen LogP contribution < -0.4 is 0 Å². The molecule has 2 nitrogen and oxygen atoms in total. The van der Waals surface area contributed by atoms with Gasteiger partial charge in [-0.05, 0) is 12.5 Å². The predicted octanol–water partition coefficient (Wildman–Crippen LogP) is 2.52. The van der Waals surface area contributed by atoms with Crippen molar-refractivity contribution in [3.05, 3.63) is 35.4 Å². The van der Waals surface area contributed by atoms with Gasteiger partial charge in [0, 0.05) is 0 Å². The van der Waals surface area contributed by atoms with Crippen LogP contribution in [0.1, 0.15) is 11.1 Å². The Kier molecular flexibility index (Phi) is 5.11. The zero-order valence-electron chi connectivity index (χ0n) is 8.13. The van der Waals surface area contributed by atoms with Gasteiger partial charge in [-0.1, -0.05) is 52.4 Å². The molecule has 1 rings (SSSR count). The van der Waals surface area contributed by atoms with Gasteiger partial charge in [0.1, 0.15) is 6.61 Å². The van der Waals surface area contributed by atoms with E-state index in [0.29, 0.717) is 11.0 Å². The Balaban J connectivity index is 2.35. The van der Waals surface area contributed by atoms with Crippen molar-refractivity contribution >= 4 is 28.4 Å². The van der Waals surface area contributed by atoms with E-state index in [2.05, 4.69) is 6.07 Å². The molecule has 0 spiro atoms. The van der Waals surface area contributed by atoms with Crippen LogP contribution in [0.15, 0.2) is 24.3 Å². The van der Waals surface area contributed by atoms with E-state index in [-0.39, 0.29) is 12.4 Å². The largest absolute Gasteiger partial charge is 0.369 e. The second-order valence-electron chi connectivity index (χ2n) is 3.15. The molecule has 0 N–H and O–H groups in total. The van der Waals surface area contributed by atoms with Gasteiger partial charge in [0.15, 0.2) is 5.78 Å². The lowest BCUT2D eigenvalue weighted by Gasteiger charge is -2.03. The maximum atomic E-state index is 10.9. The number of Topliss-reactive ketones (excluding diaryl/α,β-unsaturated/α-hetero) is 1. The lowest BCUT2D eigenvalue weighted by Crippen LogP contribution is -2.09. The molecule has 0 bridgehead atoms. The molecule has 0 heterocycles. The fourth-order valence-corrected chi connectivity index (χ4v) is 1.34. The molecule has 0 aliphatic heterocycles. The van der Waals surface area contributed by atoms with Crippen LogP contribution in [0.25, 0.3) is 0 Å². The molecule has 76 valence electrons. The van der Waals surface area contributed by atoms with E-state index >= 15 is 0 Å². The molecule has 0 saturated carbocycles. The van der Waals surface area contributed by atoms with Crippen molar-refractivity contribution < 1.29 is 9.53 Å². The molecule has 0 aliphatic rings. The molecule has 0 saturated heterocycles. The van der Waals surface area contributed by atoms with Crippen molar-refractivity contribution in [2.75, 3.05) is 11.0 Å². The summed E-state index contributed by atoms with van der Waals surface area (Å²) in [6.45, 7) is 2.78. The minimum absolute atomic E-state index is 0.137. The summed E-state index contributed by atoms with van der Waals surface area (Å²) >= 11 is 2.04. The highest BCUT2D eigenvalue weighted by Crippen LogP contribution is 2.05. The highest BCUT2D eigenvalue weighted by Gasteiger charge is 1.99. The number of aryl methyl sites for hydroxylation is 1. The van der Waals surface area contributed by atoms with Crippen LogP contribution in [0.2, 0.25) is 0 Å². The summed E-state index contributed by atoms with van der Waals surface area (Å²) in [5.41, 5.74) is 2.33. The Morgan fingerprint density at radius 1 is 1.50 bits per heavy atom. The summed E-state index contributed by atoms with van der Waals surface area (Å²) < 4.78 is 5.79. The average molecular weight is 304 g/mol. The molecule has 0 aromatic heterocycles. The number of alkyl halides is 1. The highest BCUT2D eigenvalue weighted by atomic mass is 127. The molecule has 14 heavy (non-hydrogen) atoms. The number of carbonyl (C=O) groups excluding carboxylic acids is 1. The van der Waals surface area contributed by atoms with Gasteiger partial charge in [0.25, 0.3) is 0 Å². The number of rotatable bonds is 5. The number of hydrogen-bond donors (Lipinski definition) is 0. The molecule has 3 heteroatoms. The van der Waals surface area contributed by atoms with Crippen molar-refractivity contribution in [1.29, 1.82) is 0 Å². The second kappa shape index (κ2) is 6.14. The highest BCUT2D eigenvalue weighted by molar-refractivity contribution is 14.1. The van der Waals surface area contributed by atoms with E-state index in [1.165, 1.54) is 5.56 Å². The average Bonchev–Trinajstić information content (AvgIpc) is 2.17. The summed E-state index contributed by atoms with van der Waals surface area (Å²) in [6, 6.07) is 8.10. The summed E-state index contributed by atoms with van der Waals surface area (Å²) in [5, 5.41) is 0. The van der Waals surface area contributed by atoms with E-state index in [1.54, 1.807) is 0 Å². The third kappa shape index (κ3) is 4.19. The minimum atomic E-state index is 0.137. The maximum absolute atomic E-state index is 10.9. The van der Waals surface area contributed by atoms with Crippen molar-refractivity contribution in [3.8, 4) is 0 Å². The normalized spacial score (nSPS) is 10.1. The topological polar surface area (TPSA) is 26.3 Å². The van der Waals surface area contributed by atoms with E-state index < -0.39 is 0 Å². The van der Waals surface area contributed by atoms with E-state index in [4.69, 9.17) is 4.74 Å². The number of halogens is 1. The Hall–Kier alpha value is -0.420. The fraction of sp³-hybridized carbons (Fsp3) is 0.364. The van der Waals surface area contributed by atoms with Gasteiger partial charge in [-0.15, -0.1) is 0 Å². The lowest BCUT2D eigenvalue weighted by atomic mass is 10.1. The molecular weight excluding hydrogens is 291 g/mol. The summed E-state index contributed by atoms with van der Waals surface area (Å²) in [7, 11) is 0. The smallest absolute Gasteiger partial charge is 0.168 e. The van der Waals surface area contributed by atoms with Crippen LogP contribution in [-0.2, 0) is 16.1 Å². The number of hydrogen-bond acceptors (Lipinski definition) is 2. The molecule has 0 amide bonds. The zero-order valence-corrected chi connectivity index (χ0v) is 10.3. The molecular formula is C11H13IO2. The van der Waals surface area contributed by atoms with Crippen LogP contribution in [-0.4, -0.2) is 16.8 Å². The number of carbonyl (C=O) groups is 1. The third-order valence-electron chi connectivity index (χ3n) is 1.76. The molecule has 0 radical (unpaired) electrons. The second-order valence-corrected chi connectivity index (χ2v) is 3.92. The number of benzene rings is 1. The fourth-order valence-electron chi connectivity index (χ4n) is 1.12.